The first-order valence-corrected chi connectivity index (χ1v) is 7.56. The van der Waals surface area contributed by atoms with E-state index in [2.05, 4.69) is 20.0 Å². The van der Waals surface area contributed by atoms with Gasteiger partial charge in [0.25, 0.3) is 15.2 Å². The molecule has 1 aliphatic heterocycles. The molecular formula is C11H18N4O2S. The number of nitrogens with zero attached hydrogens (tertiary/aromatic N) is 2. The van der Waals surface area contributed by atoms with Crippen molar-refractivity contribution in [1.29, 1.82) is 0 Å². The maximum absolute atomic E-state index is 12.0. The molecule has 2 N–H and O–H groups in total. The Morgan fingerprint density at radius 1 is 1.56 bits per heavy atom. The van der Waals surface area contributed by atoms with Crippen molar-refractivity contribution in [1.82, 2.24) is 20.0 Å². The van der Waals surface area contributed by atoms with Crippen LogP contribution >= 0.6 is 0 Å². The van der Waals surface area contributed by atoms with Crippen LogP contribution in [0.5, 0.6) is 0 Å². The van der Waals surface area contributed by atoms with E-state index in [1.807, 2.05) is 0 Å². The number of piperidine rings is 1. The van der Waals surface area contributed by atoms with E-state index < -0.39 is 10.0 Å². The van der Waals surface area contributed by atoms with Gasteiger partial charge in [0.1, 0.15) is 0 Å². The van der Waals surface area contributed by atoms with Gasteiger partial charge in [-0.3, -0.25) is 0 Å². The highest BCUT2D eigenvalue weighted by Crippen LogP contribution is 2.10. The molecule has 0 aliphatic carbocycles. The van der Waals surface area contributed by atoms with Gasteiger partial charge in [-0.2, -0.15) is 0 Å². The lowest BCUT2D eigenvalue weighted by molar-refractivity contribution is 0.375. The van der Waals surface area contributed by atoms with Gasteiger partial charge in [-0.15, -0.1) is 0 Å². The molecule has 1 aromatic rings. The summed E-state index contributed by atoms with van der Waals surface area (Å²) < 4.78 is 26.5. The Balaban J connectivity index is 1.98. The summed E-state index contributed by atoms with van der Waals surface area (Å²) in [7, 11) is -3.58. The predicted octanol–water partition coefficient (Wildman–Crippen LogP) is 0.0629. The zero-order chi connectivity index (χ0) is 13.0. The molecule has 0 amide bonds. The van der Waals surface area contributed by atoms with Gasteiger partial charge in [0.2, 0.25) is 0 Å². The molecule has 7 heteroatoms. The third-order valence-corrected chi connectivity index (χ3v) is 4.20. The Hall–Kier alpha value is -1.05. The number of aromatic nitrogens is 2. The monoisotopic (exact) mass is 270 g/mol. The molecular weight excluding hydrogens is 252 g/mol. The minimum Gasteiger partial charge on any atom is -0.316 e. The van der Waals surface area contributed by atoms with E-state index in [9.17, 15) is 8.42 Å². The highest BCUT2D eigenvalue weighted by Gasteiger charge is 2.20. The molecule has 0 saturated carbocycles. The van der Waals surface area contributed by atoms with Crippen LogP contribution < -0.4 is 10.0 Å². The van der Waals surface area contributed by atoms with E-state index in [0.29, 0.717) is 18.2 Å². The van der Waals surface area contributed by atoms with Crippen LogP contribution in [-0.2, 0) is 10.0 Å². The minimum absolute atomic E-state index is 0.147. The first kappa shape index (κ1) is 13.4. The fraction of sp³-hybridized carbons (Fsp3) is 0.636. The molecule has 6 nitrogen and oxygen atoms in total. The zero-order valence-corrected chi connectivity index (χ0v) is 11.2. The van der Waals surface area contributed by atoms with Crippen LogP contribution in [0.25, 0.3) is 0 Å². The van der Waals surface area contributed by atoms with Crippen LogP contribution in [-0.4, -0.2) is 38.0 Å². The van der Waals surface area contributed by atoms with Crippen LogP contribution in [0.4, 0.5) is 0 Å². The second kappa shape index (κ2) is 5.73. The second-order valence-corrected chi connectivity index (χ2v) is 6.21. The molecule has 0 radical (unpaired) electrons. The van der Waals surface area contributed by atoms with Crippen LogP contribution in [0.3, 0.4) is 0 Å². The van der Waals surface area contributed by atoms with Crippen LogP contribution in [0.1, 0.15) is 18.5 Å². The highest BCUT2D eigenvalue weighted by atomic mass is 32.2. The summed E-state index contributed by atoms with van der Waals surface area (Å²) in [4.78, 5) is 7.73. The Morgan fingerprint density at radius 3 is 3.06 bits per heavy atom. The van der Waals surface area contributed by atoms with E-state index in [1.165, 1.54) is 6.20 Å². The summed E-state index contributed by atoms with van der Waals surface area (Å²) in [5.41, 5.74) is 0.643. The maximum Gasteiger partial charge on any atom is 0.276 e. The summed E-state index contributed by atoms with van der Waals surface area (Å²) in [6, 6.07) is 1.67. The van der Waals surface area contributed by atoms with Gasteiger partial charge in [-0.25, -0.2) is 23.1 Å². The van der Waals surface area contributed by atoms with Crippen molar-refractivity contribution in [3.05, 3.63) is 18.0 Å². The van der Waals surface area contributed by atoms with E-state index in [1.54, 1.807) is 13.0 Å². The molecule has 1 unspecified atom stereocenters. The number of sulfonamides is 1. The Labute approximate surface area is 107 Å². The van der Waals surface area contributed by atoms with Crippen molar-refractivity contribution in [2.75, 3.05) is 19.6 Å². The zero-order valence-electron chi connectivity index (χ0n) is 10.4. The van der Waals surface area contributed by atoms with Crippen molar-refractivity contribution < 1.29 is 8.42 Å². The average molecular weight is 270 g/mol. The lowest BCUT2D eigenvalue weighted by Crippen LogP contribution is -2.38. The lowest BCUT2D eigenvalue weighted by atomic mass is 10.0. The smallest absolute Gasteiger partial charge is 0.276 e. The molecule has 100 valence electrons. The number of nitrogens with one attached hydrogen (secondary N) is 2. The summed E-state index contributed by atoms with van der Waals surface area (Å²) in [6.07, 6.45) is 3.59. The summed E-state index contributed by atoms with van der Waals surface area (Å²) >= 11 is 0. The van der Waals surface area contributed by atoms with Gasteiger partial charge in [0.05, 0.1) is 0 Å². The van der Waals surface area contributed by atoms with Crippen molar-refractivity contribution in [2.45, 2.75) is 24.9 Å². The molecule has 2 heterocycles. The average Bonchev–Trinajstić information content (AvgIpc) is 2.38. The first-order valence-electron chi connectivity index (χ1n) is 6.08. The van der Waals surface area contributed by atoms with Gasteiger partial charge in [0, 0.05) is 18.4 Å². The van der Waals surface area contributed by atoms with Crippen LogP contribution in [0.2, 0.25) is 0 Å². The largest absolute Gasteiger partial charge is 0.316 e. The number of hydrogen-bond donors (Lipinski definition) is 2. The molecule has 1 fully saturated rings. The van der Waals surface area contributed by atoms with E-state index in [0.717, 1.165) is 25.9 Å². The highest BCUT2D eigenvalue weighted by molar-refractivity contribution is 7.89. The summed E-state index contributed by atoms with van der Waals surface area (Å²) in [5, 5.41) is 3.11. The standard InChI is InChI=1S/C11H18N4O2S/c1-9-4-6-13-11(15-9)18(16,17)14-8-10-3-2-5-12-7-10/h4,6,10,12,14H,2-3,5,7-8H2,1H3. The topological polar surface area (TPSA) is 84.0 Å². The molecule has 1 atom stereocenters. The minimum atomic E-state index is -3.58. The SMILES string of the molecule is Cc1ccnc(S(=O)(=O)NCC2CCCNC2)n1. The Kier molecular flexibility index (Phi) is 4.26. The molecule has 0 bridgehead atoms. The molecule has 1 aromatic heterocycles. The molecule has 0 aromatic carbocycles. The summed E-state index contributed by atoms with van der Waals surface area (Å²) in [6.45, 7) is 4.06. The van der Waals surface area contributed by atoms with Gasteiger partial charge in [-0.05, 0) is 44.8 Å². The molecule has 0 spiro atoms. The van der Waals surface area contributed by atoms with Crippen molar-refractivity contribution >= 4 is 10.0 Å². The van der Waals surface area contributed by atoms with E-state index in [-0.39, 0.29) is 5.16 Å². The third-order valence-electron chi connectivity index (χ3n) is 2.97. The van der Waals surface area contributed by atoms with Gasteiger partial charge in [-0.1, -0.05) is 0 Å². The molecule has 1 aliphatic rings. The number of aryl methyl sites for hydroxylation is 1. The van der Waals surface area contributed by atoms with Crippen molar-refractivity contribution in [3.63, 3.8) is 0 Å². The molecule has 2 rings (SSSR count). The first-order chi connectivity index (χ1) is 8.58. The van der Waals surface area contributed by atoms with Crippen LogP contribution in [0.15, 0.2) is 17.4 Å². The van der Waals surface area contributed by atoms with Gasteiger partial charge in [0.15, 0.2) is 0 Å². The Bertz CT molecular complexity index is 498. The quantitative estimate of drug-likeness (QED) is 0.756. The summed E-state index contributed by atoms with van der Waals surface area (Å²) in [5.74, 6) is 0.346. The van der Waals surface area contributed by atoms with E-state index in [4.69, 9.17) is 0 Å². The molecule has 1 saturated heterocycles. The lowest BCUT2D eigenvalue weighted by Gasteiger charge is -2.22. The van der Waals surface area contributed by atoms with Crippen molar-refractivity contribution in [2.24, 2.45) is 5.92 Å². The predicted molar refractivity (Wildman–Crippen MR) is 67.6 cm³/mol. The Morgan fingerprint density at radius 2 is 2.39 bits per heavy atom. The normalized spacial score (nSPS) is 20.8. The van der Waals surface area contributed by atoms with Gasteiger partial charge < -0.3 is 5.32 Å². The second-order valence-electron chi connectivity index (χ2n) is 4.54. The number of rotatable bonds is 4. The molecule has 18 heavy (non-hydrogen) atoms. The van der Waals surface area contributed by atoms with Crippen LogP contribution in [0, 0.1) is 12.8 Å². The maximum atomic E-state index is 12.0. The fourth-order valence-corrected chi connectivity index (χ4v) is 2.99. The fourth-order valence-electron chi connectivity index (χ4n) is 1.95. The van der Waals surface area contributed by atoms with E-state index >= 15 is 0 Å². The van der Waals surface area contributed by atoms with Gasteiger partial charge >= 0.3 is 0 Å². The number of hydrogen-bond acceptors (Lipinski definition) is 5. The third kappa shape index (κ3) is 3.47. The van der Waals surface area contributed by atoms with Crippen molar-refractivity contribution in [3.8, 4) is 0 Å².